The van der Waals surface area contributed by atoms with Gasteiger partial charge in [-0.05, 0) is 57.4 Å². The Morgan fingerprint density at radius 3 is 2.39 bits per heavy atom. The highest BCUT2D eigenvalue weighted by Gasteiger charge is 2.57. The Kier molecular flexibility index (Phi) is 6.61. The molecule has 2 N–H and O–H groups in total. The molecule has 11 heteroatoms. The average Bonchev–Trinajstić information content (AvgIpc) is 2.65. The number of hydrogen-bond acceptors (Lipinski definition) is 7. The fourth-order valence-corrected chi connectivity index (χ4v) is 5.76. The van der Waals surface area contributed by atoms with Gasteiger partial charge in [-0.1, -0.05) is 11.6 Å². The van der Waals surface area contributed by atoms with E-state index in [4.69, 9.17) is 21.1 Å². The second-order valence-electron chi connectivity index (χ2n) is 7.31. The number of urea groups is 1. The van der Waals surface area contributed by atoms with Gasteiger partial charge in [0.1, 0.15) is 6.61 Å². The van der Waals surface area contributed by atoms with Crippen LogP contribution in [0.2, 0.25) is 5.02 Å². The van der Waals surface area contributed by atoms with Crippen LogP contribution >= 0.6 is 11.6 Å². The van der Waals surface area contributed by atoms with Gasteiger partial charge in [0.15, 0.2) is 14.6 Å². The lowest BCUT2D eigenvalue weighted by Crippen LogP contribution is -2.54. The van der Waals surface area contributed by atoms with E-state index in [-0.39, 0.29) is 35.6 Å². The van der Waals surface area contributed by atoms with Crippen LogP contribution in [0.4, 0.5) is 4.79 Å². The molecule has 1 heterocycles. The maximum Gasteiger partial charge on any atom is 0.338 e. The SMILES string of the molecule is CCOC(=O)C1=C(COC(=O)C2(S(=O)(=O)c3ccc(Cl)cc3)CCC2)NC(=O)N[C@@H]1C. The molecule has 1 fully saturated rings. The Labute approximate surface area is 185 Å². The molecule has 0 saturated heterocycles. The highest BCUT2D eigenvalue weighted by molar-refractivity contribution is 7.93. The number of hydrogen-bond donors (Lipinski definition) is 2. The Morgan fingerprint density at radius 1 is 1.19 bits per heavy atom. The number of amides is 2. The molecule has 3 rings (SSSR count). The maximum absolute atomic E-state index is 13.2. The zero-order valence-corrected chi connectivity index (χ0v) is 18.6. The molecule has 0 radical (unpaired) electrons. The highest BCUT2D eigenvalue weighted by Crippen LogP contribution is 2.44. The molecule has 1 aliphatic carbocycles. The molecule has 9 nitrogen and oxygen atoms in total. The smallest absolute Gasteiger partial charge is 0.338 e. The van der Waals surface area contributed by atoms with E-state index < -0.39 is 45.2 Å². The van der Waals surface area contributed by atoms with Crippen molar-refractivity contribution in [3.05, 3.63) is 40.6 Å². The molecule has 1 aliphatic heterocycles. The van der Waals surface area contributed by atoms with E-state index in [0.29, 0.717) is 11.4 Å². The number of carbonyl (C=O) groups is 3. The number of halogens is 1. The van der Waals surface area contributed by atoms with Gasteiger partial charge in [-0.2, -0.15) is 0 Å². The van der Waals surface area contributed by atoms with Crippen LogP contribution in [0.25, 0.3) is 0 Å². The second-order valence-corrected chi connectivity index (χ2v) is 10.0. The van der Waals surface area contributed by atoms with E-state index in [9.17, 15) is 22.8 Å². The van der Waals surface area contributed by atoms with Crippen LogP contribution in [-0.2, 0) is 28.9 Å². The summed E-state index contributed by atoms with van der Waals surface area (Å²) in [6, 6.07) is 4.33. The van der Waals surface area contributed by atoms with Crippen molar-refractivity contribution in [3.8, 4) is 0 Å². The summed E-state index contributed by atoms with van der Waals surface area (Å²) in [5.41, 5.74) is 0.166. The summed E-state index contributed by atoms with van der Waals surface area (Å²) >= 11 is 5.84. The molecule has 168 valence electrons. The molecule has 31 heavy (non-hydrogen) atoms. The minimum atomic E-state index is -4.03. The molecule has 1 saturated carbocycles. The van der Waals surface area contributed by atoms with Crippen LogP contribution in [0.5, 0.6) is 0 Å². The van der Waals surface area contributed by atoms with Crippen molar-refractivity contribution in [2.75, 3.05) is 13.2 Å². The van der Waals surface area contributed by atoms with Crippen molar-refractivity contribution in [1.82, 2.24) is 10.6 Å². The van der Waals surface area contributed by atoms with E-state index in [1.807, 2.05) is 0 Å². The van der Waals surface area contributed by atoms with E-state index in [2.05, 4.69) is 10.6 Å². The third-order valence-electron chi connectivity index (χ3n) is 5.38. The number of esters is 2. The van der Waals surface area contributed by atoms with Gasteiger partial charge in [0.2, 0.25) is 0 Å². The van der Waals surface area contributed by atoms with Crippen LogP contribution in [0.1, 0.15) is 33.1 Å². The zero-order chi connectivity index (χ0) is 22.8. The number of carbonyl (C=O) groups excluding carboxylic acids is 3. The first-order chi connectivity index (χ1) is 14.6. The Bertz CT molecular complexity index is 1030. The van der Waals surface area contributed by atoms with Gasteiger partial charge in [-0.25, -0.2) is 18.0 Å². The first-order valence-corrected chi connectivity index (χ1v) is 11.6. The molecule has 0 unspecified atom stereocenters. The van der Waals surface area contributed by atoms with E-state index >= 15 is 0 Å². The maximum atomic E-state index is 13.2. The van der Waals surface area contributed by atoms with Gasteiger partial charge in [0, 0.05) is 5.02 Å². The van der Waals surface area contributed by atoms with Gasteiger partial charge in [-0.15, -0.1) is 0 Å². The minimum Gasteiger partial charge on any atom is -0.463 e. The van der Waals surface area contributed by atoms with E-state index in [1.165, 1.54) is 24.3 Å². The van der Waals surface area contributed by atoms with Gasteiger partial charge in [0.05, 0.1) is 28.8 Å². The summed E-state index contributed by atoms with van der Waals surface area (Å²) in [6.07, 6.45) is 0.784. The summed E-state index contributed by atoms with van der Waals surface area (Å²) in [6.45, 7) is 2.88. The largest absolute Gasteiger partial charge is 0.463 e. The number of benzene rings is 1. The van der Waals surface area contributed by atoms with Gasteiger partial charge >= 0.3 is 18.0 Å². The second kappa shape index (κ2) is 8.88. The van der Waals surface area contributed by atoms with Gasteiger partial charge in [0.25, 0.3) is 0 Å². The fourth-order valence-electron chi connectivity index (χ4n) is 3.58. The lowest BCUT2D eigenvalue weighted by atomic mass is 9.84. The fraction of sp³-hybridized carbons (Fsp3) is 0.450. The molecule has 1 aromatic rings. The Morgan fingerprint density at radius 2 is 1.84 bits per heavy atom. The Balaban J connectivity index is 1.85. The van der Waals surface area contributed by atoms with Gasteiger partial charge < -0.3 is 20.1 Å². The molecule has 1 atom stereocenters. The van der Waals surface area contributed by atoms with Gasteiger partial charge in [-0.3, -0.25) is 4.79 Å². The summed E-state index contributed by atoms with van der Waals surface area (Å²) < 4.78 is 35.0. The first kappa shape index (κ1) is 23.1. The van der Waals surface area contributed by atoms with E-state index in [1.54, 1.807) is 13.8 Å². The molecule has 1 aromatic carbocycles. The summed E-state index contributed by atoms with van der Waals surface area (Å²) in [5.74, 6) is -1.59. The van der Waals surface area contributed by atoms with Crippen LogP contribution in [0.3, 0.4) is 0 Å². The van der Waals surface area contributed by atoms with Crippen molar-refractivity contribution in [3.63, 3.8) is 0 Å². The van der Waals surface area contributed by atoms with Crippen molar-refractivity contribution in [2.45, 2.75) is 48.8 Å². The zero-order valence-electron chi connectivity index (χ0n) is 17.1. The van der Waals surface area contributed by atoms with E-state index in [0.717, 1.165) is 0 Å². The van der Waals surface area contributed by atoms with Crippen LogP contribution in [0.15, 0.2) is 40.4 Å². The number of sulfone groups is 1. The van der Waals surface area contributed by atoms with Crippen LogP contribution in [-0.4, -0.2) is 50.4 Å². The third kappa shape index (κ3) is 4.27. The predicted molar refractivity (Wildman–Crippen MR) is 111 cm³/mol. The number of ether oxygens (including phenoxy) is 2. The van der Waals surface area contributed by atoms with Crippen LogP contribution < -0.4 is 10.6 Å². The molecule has 0 aromatic heterocycles. The monoisotopic (exact) mass is 470 g/mol. The molecular weight excluding hydrogens is 448 g/mol. The van der Waals surface area contributed by atoms with Crippen LogP contribution in [0, 0.1) is 0 Å². The highest BCUT2D eigenvalue weighted by atomic mass is 35.5. The molecule has 2 aliphatic rings. The van der Waals surface area contributed by atoms with Crippen molar-refractivity contribution < 1.29 is 32.3 Å². The molecule has 0 spiro atoms. The summed E-state index contributed by atoms with van der Waals surface area (Å²) in [4.78, 5) is 37.0. The predicted octanol–water partition coefficient (Wildman–Crippen LogP) is 2.10. The lowest BCUT2D eigenvalue weighted by Gasteiger charge is -2.38. The Hall–Kier alpha value is -2.59. The lowest BCUT2D eigenvalue weighted by molar-refractivity contribution is -0.148. The molecular formula is C20H23ClN2O7S. The quantitative estimate of drug-likeness (QED) is 0.584. The summed E-state index contributed by atoms with van der Waals surface area (Å²) in [5, 5.41) is 5.35. The standard InChI is InChI=1S/C20H23ClN2O7S/c1-3-29-17(24)16-12(2)22-19(26)23-15(16)11-30-18(25)20(9-4-10-20)31(27,28)14-7-5-13(21)6-8-14/h5-8,12H,3-4,9-11H2,1-2H3,(H2,22,23,26)/t12-/m1/s1. The first-order valence-electron chi connectivity index (χ1n) is 9.77. The third-order valence-corrected chi connectivity index (χ3v) is 8.13. The summed E-state index contributed by atoms with van der Waals surface area (Å²) in [7, 11) is -4.03. The average molecular weight is 471 g/mol. The van der Waals surface area contributed by atoms with Crippen molar-refractivity contribution in [1.29, 1.82) is 0 Å². The normalized spacial score (nSPS) is 20.2. The number of nitrogens with one attached hydrogen (secondary N) is 2. The number of rotatable bonds is 7. The van der Waals surface area contributed by atoms with Crippen molar-refractivity contribution >= 4 is 39.4 Å². The van der Waals surface area contributed by atoms with Crippen molar-refractivity contribution in [2.24, 2.45) is 0 Å². The topological polar surface area (TPSA) is 128 Å². The minimum absolute atomic E-state index is 0.0243. The molecule has 0 bridgehead atoms. The molecule has 2 amide bonds.